The van der Waals surface area contributed by atoms with Crippen LogP contribution in [0.3, 0.4) is 0 Å². The van der Waals surface area contributed by atoms with Crippen LogP contribution in [0.2, 0.25) is 5.02 Å². The van der Waals surface area contributed by atoms with Crippen LogP contribution in [-0.4, -0.2) is 40.5 Å². The van der Waals surface area contributed by atoms with Crippen molar-refractivity contribution in [1.82, 2.24) is 14.4 Å². The number of halogens is 1. The average Bonchev–Trinajstić information content (AvgIpc) is 3.00. The van der Waals surface area contributed by atoms with Gasteiger partial charge in [-0.1, -0.05) is 23.7 Å². The van der Waals surface area contributed by atoms with Gasteiger partial charge in [-0.25, -0.2) is 0 Å². The summed E-state index contributed by atoms with van der Waals surface area (Å²) in [5.41, 5.74) is 3.31. The van der Waals surface area contributed by atoms with Crippen LogP contribution in [0.15, 0.2) is 36.5 Å². The Morgan fingerprint density at radius 3 is 2.08 bits per heavy atom. The maximum atomic E-state index is 9.16. The second-order valence-electron chi connectivity index (χ2n) is 6.31. The fraction of sp³-hybridized carbons (Fsp3) is 0.421. The zero-order valence-electron chi connectivity index (χ0n) is 14.1. The predicted octanol–water partition coefficient (Wildman–Crippen LogP) is 3.35. The lowest BCUT2D eigenvalue weighted by Gasteiger charge is -2.34. The molecule has 126 valence electrons. The van der Waals surface area contributed by atoms with E-state index >= 15 is 0 Å². The van der Waals surface area contributed by atoms with E-state index < -0.39 is 0 Å². The van der Waals surface area contributed by atoms with Crippen LogP contribution in [0.1, 0.15) is 23.7 Å². The molecule has 1 aromatic heterocycles. The van der Waals surface area contributed by atoms with E-state index in [4.69, 9.17) is 16.9 Å². The van der Waals surface area contributed by atoms with Gasteiger partial charge in [0.25, 0.3) is 0 Å². The Bertz CT molecular complexity index is 706. The van der Waals surface area contributed by atoms with E-state index in [1.165, 1.54) is 11.1 Å². The van der Waals surface area contributed by atoms with Gasteiger partial charge < -0.3 is 4.57 Å². The molecule has 0 N–H and O–H groups in total. The van der Waals surface area contributed by atoms with Crippen molar-refractivity contribution in [3.8, 4) is 6.07 Å². The number of nitrogens with zero attached hydrogens (tertiary/aromatic N) is 4. The minimum Gasteiger partial charge on any atom is -0.339 e. The molecule has 0 spiro atoms. The molecule has 1 aliphatic heterocycles. The molecule has 0 unspecified atom stereocenters. The van der Waals surface area contributed by atoms with Crippen LogP contribution < -0.4 is 0 Å². The Balaban J connectivity index is 1.51. The van der Waals surface area contributed by atoms with E-state index in [2.05, 4.69) is 41.1 Å². The maximum absolute atomic E-state index is 9.16. The lowest BCUT2D eigenvalue weighted by molar-refractivity contribution is 0.122. The number of hydrogen-bond donors (Lipinski definition) is 0. The summed E-state index contributed by atoms with van der Waals surface area (Å²) in [6.45, 7) is 9.09. The van der Waals surface area contributed by atoms with E-state index in [-0.39, 0.29) is 0 Å². The predicted molar refractivity (Wildman–Crippen MR) is 96.8 cm³/mol. The normalized spacial score (nSPS) is 16.2. The van der Waals surface area contributed by atoms with Crippen molar-refractivity contribution in [1.29, 1.82) is 5.26 Å². The third-order valence-electron chi connectivity index (χ3n) is 4.60. The molecule has 0 radical (unpaired) electrons. The third kappa shape index (κ3) is 4.18. The molecular weight excluding hydrogens is 320 g/mol. The Morgan fingerprint density at radius 2 is 1.58 bits per heavy atom. The minimum absolute atomic E-state index is 0.758. The van der Waals surface area contributed by atoms with Gasteiger partial charge in [-0.05, 0) is 36.2 Å². The molecule has 0 atom stereocenters. The SMILES string of the molecule is CCn1cc(CN2CCN(Cc3ccc(Cl)cc3)CC2)cc1C#N. The Morgan fingerprint density at radius 1 is 1.00 bits per heavy atom. The van der Waals surface area contributed by atoms with E-state index in [1.807, 2.05) is 22.8 Å². The Labute approximate surface area is 148 Å². The summed E-state index contributed by atoms with van der Waals surface area (Å²) >= 11 is 5.94. The quantitative estimate of drug-likeness (QED) is 0.835. The van der Waals surface area contributed by atoms with Gasteiger partial charge in [0.1, 0.15) is 11.8 Å². The first kappa shape index (κ1) is 17.0. The fourth-order valence-corrected chi connectivity index (χ4v) is 3.35. The lowest BCUT2D eigenvalue weighted by Crippen LogP contribution is -2.45. The zero-order chi connectivity index (χ0) is 16.9. The molecule has 0 bridgehead atoms. The largest absolute Gasteiger partial charge is 0.339 e. The van der Waals surface area contributed by atoms with Crippen molar-refractivity contribution in [2.45, 2.75) is 26.6 Å². The highest BCUT2D eigenvalue weighted by Gasteiger charge is 2.18. The molecule has 5 heteroatoms. The van der Waals surface area contributed by atoms with Crippen LogP contribution in [0.25, 0.3) is 0 Å². The van der Waals surface area contributed by atoms with Crippen molar-refractivity contribution in [2.24, 2.45) is 0 Å². The van der Waals surface area contributed by atoms with E-state index in [9.17, 15) is 0 Å². The molecule has 24 heavy (non-hydrogen) atoms. The van der Waals surface area contributed by atoms with Crippen molar-refractivity contribution in [2.75, 3.05) is 26.2 Å². The summed E-state index contributed by atoms with van der Waals surface area (Å²) in [7, 11) is 0. The first-order valence-corrected chi connectivity index (χ1v) is 8.84. The first-order chi connectivity index (χ1) is 11.7. The van der Waals surface area contributed by atoms with Gasteiger partial charge in [0.2, 0.25) is 0 Å². The first-order valence-electron chi connectivity index (χ1n) is 8.46. The molecule has 1 aromatic carbocycles. The second kappa shape index (κ2) is 7.85. The highest BCUT2D eigenvalue weighted by Crippen LogP contribution is 2.15. The van der Waals surface area contributed by atoms with E-state index in [1.54, 1.807) is 0 Å². The highest BCUT2D eigenvalue weighted by atomic mass is 35.5. The molecule has 1 aliphatic rings. The van der Waals surface area contributed by atoms with Crippen LogP contribution >= 0.6 is 11.6 Å². The average molecular weight is 343 g/mol. The summed E-state index contributed by atoms with van der Waals surface area (Å²) < 4.78 is 2.02. The summed E-state index contributed by atoms with van der Waals surface area (Å²) in [5, 5.41) is 9.95. The highest BCUT2D eigenvalue weighted by molar-refractivity contribution is 6.30. The van der Waals surface area contributed by atoms with Crippen LogP contribution in [0.5, 0.6) is 0 Å². The number of piperazine rings is 1. The standard InChI is InChI=1S/C19H23ClN4/c1-2-24-15-17(11-19(24)12-21)14-23-9-7-22(8-10-23)13-16-3-5-18(20)6-4-16/h3-6,11,15H,2,7-10,13-14H2,1H3. The Kier molecular flexibility index (Phi) is 5.57. The molecule has 1 saturated heterocycles. The molecule has 4 nitrogen and oxygen atoms in total. The van der Waals surface area contributed by atoms with Crippen molar-refractivity contribution in [3.05, 3.63) is 58.4 Å². The monoisotopic (exact) mass is 342 g/mol. The molecule has 3 rings (SSSR count). The molecular formula is C19H23ClN4. The second-order valence-corrected chi connectivity index (χ2v) is 6.75. The number of benzene rings is 1. The number of rotatable bonds is 5. The van der Waals surface area contributed by atoms with Crippen molar-refractivity contribution >= 4 is 11.6 Å². The summed E-state index contributed by atoms with van der Waals surface area (Å²) in [5.74, 6) is 0. The molecule has 1 fully saturated rings. The van der Waals surface area contributed by atoms with Crippen LogP contribution in [0.4, 0.5) is 0 Å². The number of nitriles is 1. The molecule has 0 saturated carbocycles. The van der Waals surface area contributed by atoms with Gasteiger partial charge in [0.15, 0.2) is 0 Å². The van der Waals surface area contributed by atoms with Gasteiger partial charge >= 0.3 is 0 Å². The van der Waals surface area contributed by atoms with Crippen LogP contribution in [0, 0.1) is 11.3 Å². The Hall–Kier alpha value is -1.80. The van der Waals surface area contributed by atoms with E-state index in [0.717, 1.165) is 56.5 Å². The number of aromatic nitrogens is 1. The topological polar surface area (TPSA) is 35.2 Å². The summed E-state index contributed by atoms with van der Waals surface area (Å²) in [4.78, 5) is 4.95. The van der Waals surface area contributed by atoms with Crippen molar-refractivity contribution in [3.63, 3.8) is 0 Å². The van der Waals surface area contributed by atoms with E-state index in [0.29, 0.717) is 0 Å². The zero-order valence-corrected chi connectivity index (χ0v) is 14.8. The minimum atomic E-state index is 0.758. The number of aryl methyl sites for hydroxylation is 1. The lowest BCUT2D eigenvalue weighted by atomic mass is 10.2. The van der Waals surface area contributed by atoms with Gasteiger partial charge in [0, 0.05) is 57.0 Å². The third-order valence-corrected chi connectivity index (χ3v) is 4.85. The molecule has 0 amide bonds. The summed E-state index contributed by atoms with van der Waals surface area (Å²) in [6.07, 6.45) is 2.11. The molecule has 2 aromatic rings. The smallest absolute Gasteiger partial charge is 0.120 e. The van der Waals surface area contributed by atoms with Gasteiger partial charge in [-0.3, -0.25) is 9.80 Å². The number of hydrogen-bond acceptors (Lipinski definition) is 3. The molecule has 2 heterocycles. The van der Waals surface area contributed by atoms with Gasteiger partial charge in [0.05, 0.1) is 0 Å². The summed E-state index contributed by atoms with van der Waals surface area (Å²) in [6, 6.07) is 12.4. The van der Waals surface area contributed by atoms with Gasteiger partial charge in [-0.2, -0.15) is 5.26 Å². The molecule has 0 aliphatic carbocycles. The maximum Gasteiger partial charge on any atom is 0.120 e. The van der Waals surface area contributed by atoms with Crippen LogP contribution in [-0.2, 0) is 19.6 Å². The van der Waals surface area contributed by atoms with Crippen molar-refractivity contribution < 1.29 is 0 Å². The van der Waals surface area contributed by atoms with Gasteiger partial charge in [-0.15, -0.1) is 0 Å². The fourth-order valence-electron chi connectivity index (χ4n) is 3.22.